The number of aliphatic hydroxyl groups excluding tert-OH is 1. The Morgan fingerprint density at radius 1 is 1.09 bits per heavy atom. The zero-order chi connectivity index (χ0) is 23.5. The van der Waals surface area contributed by atoms with E-state index < -0.39 is 36.2 Å². The molecule has 2 aliphatic rings. The minimum atomic E-state index is -1.14. The normalized spacial score (nSPS) is 20.1. The van der Waals surface area contributed by atoms with E-state index in [9.17, 15) is 24.6 Å². The molecular formula is C25H28N2O6. The number of hydrogen-bond donors (Lipinski definition) is 3. The number of carbonyl (C=O) groups excluding carboxylic acids is 2. The number of ether oxygens (including phenoxy) is 1. The van der Waals surface area contributed by atoms with Gasteiger partial charge in [-0.3, -0.25) is 4.79 Å². The molecular weight excluding hydrogens is 424 g/mol. The van der Waals surface area contributed by atoms with Crippen LogP contribution in [0, 0.1) is 0 Å². The molecule has 2 aromatic rings. The number of nitrogens with zero attached hydrogens (tertiary/aromatic N) is 1. The molecule has 0 radical (unpaired) electrons. The first kappa shape index (κ1) is 22.8. The third kappa shape index (κ3) is 4.71. The summed E-state index contributed by atoms with van der Waals surface area (Å²) < 4.78 is 5.55. The molecule has 8 nitrogen and oxygen atoms in total. The Morgan fingerprint density at radius 3 is 2.27 bits per heavy atom. The molecule has 1 aliphatic heterocycles. The molecule has 3 N–H and O–H groups in total. The van der Waals surface area contributed by atoms with Crippen molar-refractivity contribution in [2.75, 3.05) is 13.2 Å². The van der Waals surface area contributed by atoms with Gasteiger partial charge in [0.05, 0.1) is 6.10 Å². The molecule has 1 aliphatic carbocycles. The van der Waals surface area contributed by atoms with Crippen molar-refractivity contribution in [3.05, 3.63) is 59.7 Å². The molecule has 174 valence electrons. The summed E-state index contributed by atoms with van der Waals surface area (Å²) in [5, 5.41) is 21.8. The number of rotatable bonds is 7. The highest BCUT2D eigenvalue weighted by Crippen LogP contribution is 2.44. The molecule has 1 fully saturated rings. The Bertz CT molecular complexity index is 1010. The highest BCUT2D eigenvalue weighted by Gasteiger charge is 2.39. The van der Waals surface area contributed by atoms with Crippen molar-refractivity contribution in [3.63, 3.8) is 0 Å². The SMILES string of the molecule is CC[C@@H](CC(=O)N1C[C@H](O)C[C@@H]1C(=O)O)NC(=O)OCC1c2ccccc2-c2ccccc21. The van der Waals surface area contributed by atoms with Gasteiger partial charge in [0, 0.05) is 31.3 Å². The number of nitrogens with one attached hydrogen (secondary N) is 1. The number of carboxylic acid groups (broad SMARTS) is 1. The molecule has 0 bridgehead atoms. The number of carbonyl (C=O) groups is 3. The monoisotopic (exact) mass is 452 g/mol. The number of hydrogen-bond acceptors (Lipinski definition) is 5. The van der Waals surface area contributed by atoms with E-state index in [1.165, 1.54) is 4.90 Å². The van der Waals surface area contributed by atoms with Gasteiger partial charge in [-0.15, -0.1) is 0 Å². The van der Waals surface area contributed by atoms with Crippen LogP contribution in [0.3, 0.4) is 0 Å². The lowest BCUT2D eigenvalue weighted by molar-refractivity contribution is -0.148. The molecule has 4 rings (SSSR count). The Hall–Kier alpha value is -3.39. The average Bonchev–Trinajstić information content (AvgIpc) is 3.35. The van der Waals surface area contributed by atoms with Gasteiger partial charge in [-0.05, 0) is 28.7 Å². The molecule has 1 heterocycles. The van der Waals surface area contributed by atoms with Gasteiger partial charge in [0.1, 0.15) is 12.6 Å². The molecule has 33 heavy (non-hydrogen) atoms. The molecule has 8 heteroatoms. The fourth-order valence-electron chi connectivity index (χ4n) is 4.76. The lowest BCUT2D eigenvalue weighted by Gasteiger charge is -2.24. The summed E-state index contributed by atoms with van der Waals surface area (Å²) in [6.45, 7) is 1.98. The van der Waals surface area contributed by atoms with Crippen LogP contribution in [0.15, 0.2) is 48.5 Å². The molecule has 3 atom stereocenters. The van der Waals surface area contributed by atoms with Crippen molar-refractivity contribution in [2.45, 2.75) is 50.3 Å². The van der Waals surface area contributed by atoms with E-state index in [-0.39, 0.29) is 31.9 Å². The summed E-state index contributed by atoms with van der Waals surface area (Å²) >= 11 is 0. The maximum atomic E-state index is 12.7. The van der Waals surface area contributed by atoms with E-state index in [4.69, 9.17) is 4.74 Å². The van der Waals surface area contributed by atoms with E-state index >= 15 is 0 Å². The van der Waals surface area contributed by atoms with Gasteiger partial charge in [-0.1, -0.05) is 55.5 Å². The minimum Gasteiger partial charge on any atom is -0.480 e. The van der Waals surface area contributed by atoms with Gasteiger partial charge >= 0.3 is 12.1 Å². The van der Waals surface area contributed by atoms with Gasteiger partial charge in [-0.25, -0.2) is 9.59 Å². The van der Waals surface area contributed by atoms with Crippen molar-refractivity contribution in [1.29, 1.82) is 0 Å². The van der Waals surface area contributed by atoms with E-state index in [0.717, 1.165) is 22.3 Å². The number of aliphatic carboxylic acids is 1. The fourth-order valence-corrected chi connectivity index (χ4v) is 4.76. The molecule has 0 aromatic heterocycles. The molecule has 1 saturated heterocycles. The lowest BCUT2D eigenvalue weighted by atomic mass is 9.98. The van der Waals surface area contributed by atoms with Gasteiger partial charge in [0.2, 0.25) is 5.91 Å². The zero-order valence-electron chi connectivity index (χ0n) is 18.4. The summed E-state index contributed by atoms with van der Waals surface area (Å²) in [7, 11) is 0. The Kier molecular flexibility index (Phi) is 6.65. The van der Waals surface area contributed by atoms with Crippen molar-refractivity contribution in [3.8, 4) is 11.1 Å². The van der Waals surface area contributed by atoms with Crippen LogP contribution in [0.4, 0.5) is 4.79 Å². The first-order valence-corrected chi connectivity index (χ1v) is 11.2. The van der Waals surface area contributed by atoms with Crippen LogP contribution in [0.5, 0.6) is 0 Å². The topological polar surface area (TPSA) is 116 Å². The second kappa shape index (κ2) is 9.62. The molecule has 0 unspecified atom stereocenters. The smallest absolute Gasteiger partial charge is 0.407 e. The quantitative estimate of drug-likeness (QED) is 0.595. The largest absolute Gasteiger partial charge is 0.480 e. The van der Waals surface area contributed by atoms with Crippen molar-refractivity contribution >= 4 is 18.0 Å². The van der Waals surface area contributed by atoms with Gasteiger partial charge in [0.15, 0.2) is 0 Å². The standard InChI is InChI=1S/C25H28N2O6/c1-2-15(11-23(29)27-13-16(28)12-22(27)24(30)31)26-25(32)33-14-21-19-9-5-3-7-17(19)18-8-4-6-10-20(18)21/h3-10,15-16,21-22,28H,2,11-14H2,1H3,(H,26,32)(H,30,31)/t15-,16+,22+/m0/s1. The van der Waals surface area contributed by atoms with Crippen LogP contribution in [-0.4, -0.2) is 64.4 Å². The van der Waals surface area contributed by atoms with Crippen LogP contribution >= 0.6 is 0 Å². The molecule has 2 aromatic carbocycles. The number of fused-ring (bicyclic) bond motifs is 3. The predicted octanol–water partition coefficient (Wildman–Crippen LogP) is 2.74. The zero-order valence-corrected chi connectivity index (χ0v) is 18.4. The third-order valence-electron chi connectivity index (χ3n) is 6.46. The third-order valence-corrected chi connectivity index (χ3v) is 6.46. The minimum absolute atomic E-state index is 0.0116. The fraction of sp³-hybridized carbons (Fsp3) is 0.400. The summed E-state index contributed by atoms with van der Waals surface area (Å²) in [6.07, 6.45) is -1.04. The average molecular weight is 453 g/mol. The van der Waals surface area contributed by atoms with E-state index in [1.54, 1.807) is 0 Å². The number of benzene rings is 2. The summed E-state index contributed by atoms with van der Waals surface area (Å²) in [5.41, 5.74) is 4.50. The Morgan fingerprint density at radius 2 is 1.70 bits per heavy atom. The number of alkyl carbamates (subject to hydrolysis) is 1. The molecule has 2 amide bonds. The molecule has 0 saturated carbocycles. The van der Waals surface area contributed by atoms with Gasteiger partial charge in [-0.2, -0.15) is 0 Å². The van der Waals surface area contributed by atoms with Gasteiger partial charge in [0.25, 0.3) is 0 Å². The van der Waals surface area contributed by atoms with Crippen LogP contribution in [0.25, 0.3) is 11.1 Å². The number of amides is 2. The summed E-state index contributed by atoms with van der Waals surface area (Å²) in [4.78, 5) is 37.7. The van der Waals surface area contributed by atoms with Crippen LogP contribution < -0.4 is 5.32 Å². The Labute approximate surface area is 192 Å². The van der Waals surface area contributed by atoms with Crippen molar-refractivity contribution < 1.29 is 29.3 Å². The maximum absolute atomic E-state index is 12.7. The molecule has 0 spiro atoms. The van der Waals surface area contributed by atoms with Crippen molar-refractivity contribution in [2.24, 2.45) is 0 Å². The highest BCUT2D eigenvalue weighted by atomic mass is 16.5. The van der Waals surface area contributed by atoms with Crippen molar-refractivity contribution in [1.82, 2.24) is 10.2 Å². The first-order valence-electron chi connectivity index (χ1n) is 11.2. The van der Waals surface area contributed by atoms with Crippen LogP contribution in [0.2, 0.25) is 0 Å². The maximum Gasteiger partial charge on any atom is 0.407 e. The van der Waals surface area contributed by atoms with Crippen LogP contribution in [0.1, 0.15) is 43.2 Å². The number of aliphatic hydroxyl groups is 1. The summed E-state index contributed by atoms with van der Waals surface area (Å²) in [6, 6.07) is 14.6. The predicted molar refractivity (Wildman–Crippen MR) is 121 cm³/mol. The Balaban J connectivity index is 1.36. The summed E-state index contributed by atoms with van der Waals surface area (Å²) in [5.74, 6) is -1.62. The van der Waals surface area contributed by atoms with E-state index in [1.807, 2.05) is 43.3 Å². The lowest BCUT2D eigenvalue weighted by Crippen LogP contribution is -2.44. The van der Waals surface area contributed by atoms with E-state index in [0.29, 0.717) is 6.42 Å². The second-order valence-electron chi connectivity index (χ2n) is 8.57. The highest BCUT2D eigenvalue weighted by molar-refractivity contribution is 5.85. The van der Waals surface area contributed by atoms with Crippen LogP contribution in [-0.2, 0) is 14.3 Å². The number of carboxylic acids is 1. The number of β-amino-alcohol motifs (C(OH)–C–C–N with tert-alkyl or cyclic N) is 1. The number of likely N-dealkylation sites (tertiary alicyclic amines) is 1. The first-order chi connectivity index (χ1) is 15.9. The van der Waals surface area contributed by atoms with Gasteiger partial charge < -0.3 is 25.2 Å². The second-order valence-corrected chi connectivity index (χ2v) is 8.57. The van der Waals surface area contributed by atoms with E-state index in [2.05, 4.69) is 17.4 Å².